The van der Waals surface area contributed by atoms with Gasteiger partial charge in [0.25, 0.3) is 11.8 Å². The second-order valence-corrected chi connectivity index (χ2v) is 14.1. The van der Waals surface area contributed by atoms with Gasteiger partial charge in [0.05, 0.1) is 29.2 Å². The highest BCUT2D eigenvalue weighted by atomic mass is 16.5. The van der Waals surface area contributed by atoms with Crippen LogP contribution in [0.1, 0.15) is 77.1 Å². The molecule has 4 amide bonds. The van der Waals surface area contributed by atoms with E-state index in [0.29, 0.717) is 12.4 Å². The average Bonchev–Trinajstić information content (AvgIpc) is 3.77. The molecule has 3 aromatic carbocycles. The van der Waals surface area contributed by atoms with Crippen molar-refractivity contribution in [2.24, 2.45) is 0 Å². The van der Waals surface area contributed by atoms with Crippen molar-refractivity contribution in [1.29, 1.82) is 0 Å². The molecule has 13 heteroatoms. The Labute approximate surface area is 305 Å². The number of imide groups is 2. The third-order valence-corrected chi connectivity index (χ3v) is 10.2. The number of benzene rings is 3. The van der Waals surface area contributed by atoms with Gasteiger partial charge in [-0.05, 0) is 72.1 Å². The predicted molar refractivity (Wildman–Crippen MR) is 193 cm³/mol. The summed E-state index contributed by atoms with van der Waals surface area (Å²) in [6.45, 7) is 4.71. The van der Waals surface area contributed by atoms with Gasteiger partial charge < -0.3 is 14.8 Å². The van der Waals surface area contributed by atoms with Crippen molar-refractivity contribution in [1.82, 2.24) is 30.2 Å². The lowest BCUT2D eigenvalue weighted by molar-refractivity contribution is -0.136. The average molecular weight is 712 g/mol. The van der Waals surface area contributed by atoms with Crippen LogP contribution in [0.25, 0.3) is 5.82 Å². The van der Waals surface area contributed by atoms with Crippen LogP contribution in [0.5, 0.6) is 11.5 Å². The Kier molecular flexibility index (Phi) is 8.69. The maximum absolute atomic E-state index is 13.2. The van der Waals surface area contributed by atoms with Crippen molar-refractivity contribution < 1.29 is 28.7 Å². The molecular weight excluding hydrogens is 674 g/mol. The summed E-state index contributed by atoms with van der Waals surface area (Å²) in [5.74, 6) is 0.174. The summed E-state index contributed by atoms with van der Waals surface area (Å²) in [6, 6.07) is 26.2. The molecule has 2 aliphatic heterocycles. The SMILES string of the molecule is CC(C)(c1ccc(OCc2cccc(-n3ccnn3)n2)cc1)c1ccc(OC2CC(Nc3ccc4c(c3)C(=O)N(C3CCC(=O)NC3=O)C4=O)C2)cc1. The van der Waals surface area contributed by atoms with E-state index in [-0.39, 0.29) is 41.5 Å². The fourth-order valence-electron chi connectivity index (χ4n) is 7.02. The molecule has 1 unspecified atom stereocenters. The molecule has 3 aliphatic rings. The molecule has 268 valence electrons. The molecule has 1 atom stereocenters. The summed E-state index contributed by atoms with van der Waals surface area (Å²) in [4.78, 5) is 55.7. The zero-order chi connectivity index (χ0) is 36.7. The van der Waals surface area contributed by atoms with Crippen LogP contribution in [0.4, 0.5) is 5.69 Å². The number of rotatable bonds is 11. The van der Waals surface area contributed by atoms with E-state index in [1.54, 1.807) is 35.3 Å². The van der Waals surface area contributed by atoms with Gasteiger partial charge in [-0.15, -0.1) is 5.10 Å². The number of hydrogen-bond donors (Lipinski definition) is 2. The standard InChI is InChI=1S/C40H37N7O6/c1-40(2,24-6-11-29(12-7-24)52-23-27-4-3-5-35(43-27)46-19-18-41-45-46)25-8-13-30(14-9-25)53-31-20-28(21-31)42-26-10-15-32-33(22-26)39(51)47(38(32)50)34-16-17-36(48)44-37(34)49/h3-15,18-19,22,28,31,34,42H,16-17,20-21,23H2,1-2H3,(H,44,48,49). The van der Waals surface area contributed by atoms with E-state index in [2.05, 4.69) is 64.0 Å². The topological polar surface area (TPSA) is 158 Å². The lowest BCUT2D eigenvalue weighted by Crippen LogP contribution is -2.54. The number of piperidine rings is 1. The molecular formula is C40H37N7O6. The number of nitrogens with one attached hydrogen (secondary N) is 2. The smallest absolute Gasteiger partial charge is 0.262 e. The lowest BCUT2D eigenvalue weighted by Gasteiger charge is -2.36. The van der Waals surface area contributed by atoms with E-state index >= 15 is 0 Å². The number of carbonyl (C=O) groups excluding carboxylic acids is 4. The zero-order valence-electron chi connectivity index (χ0n) is 29.2. The molecule has 1 aliphatic carbocycles. The second-order valence-electron chi connectivity index (χ2n) is 14.1. The van der Waals surface area contributed by atoms with Gasteiger partial charge in [0.2, 0.25) is 11.8 Å². The van der Waals surface area contributed by atoms with Gasteiger partial charge in [-0.2, -0.15) is 0 Å². The van der Waals surface area contributed by atoms with Gasteiger partial charge in [-0.25, -0.2) is 9.67 Å². The van der Waals surface area contributed by atoms with Crippen LogP contribution in [0.15, 0.2) is 97.3 Å². The lowest BCUT2D eigenvalue weighted by atomic mass is 9.78. The number of carbonyl (C=O) groups is 4. The first-order valence-corrected chi connectivity index (χ1v) is 17.6. The highest BCUT2D eigenvalue weighted by molar-refractivity contribution is 6.23. The molecule has 4 heterocycles. The van der Waals surface area contributed by atoms with Crippen molar-refractivity contribution >= 4 is 29.3 Å². The molecule has 0 spiro atoms. The monoisotopic (exact) mass is 711 g/mol. The number of pyridine rings is 1. The van der Waals surface area contributed by atoms with Gasteiger partial charge in [0, 0.05) is 36.4 Å². The Morgan fingerprint density at radius 2 is 1.58 bits per heavy atom. The molecule has 53 heavy (non-hydrogen) atoms. The summed E-state index contributed by atoms with van der Waals surface area (Å²) >= 11 is 0. The van der Waals surface area contributed by atoms with Crippen molar-refractivity contribution in [2.45, 2.75) is 69.7 Å². The fraction of sp³-hybridized carbons (Fsp3) is 0.275. The van der Waals surface area contributed by atoms with E-state index in [1.165, 1.54) is 0 Å². The number of anilines is 1. The third-order valence-electron chi connectivity index (χ3n) is 10.2. The van der Waals surface area contributed by atoms with Crippen LogP contribution >= 0.6 is 0 Å². The number of aromatic nitrogens is 4. The molecule has 1 saturated carbocycles. The zero-order valence-corrected chi connectivity index (χ0v) is 29.2. The summed E-state index contributed by atoms with van der Waals surface area (Å²) in [7, 11) is 0. The number of amides is 4. The highest BCUT2D eigenvalue weighted by Crippen LogP contribution is 2.36. The van der Waals surface area contributed by atoms with E-state index in [4.69, 9.17) is 9.47 Å². The van der Waals surface area contributed by atoms with Gasteiger partial charge >= 0.3 is 0 Å². The van der Waals surface area contributed by atoms with Crippen molar-refractivity contribution in [3.05, 3.63) is 125 Å². The van der Waals surface area contributed by atoms with E-state index < -0.39 is 29.7 Å². The van der Waals surface area contributed by atoms with Crippen LogP contribution in [-0.2, 0) is 21.6 Å². The third kappa shape index (κ3) is 6.73. The Morgan fingerprint density at radius 1 is 0.868 bits per heavy atom. The number of ether oxygens (including phenoxy) is 2. The number of nitrogens with zero attached hydrogens (tertiary/aromatic N) is 5. The molecule has 5 aromatic rings. The van der Waals surface area contributed by atoms with Crippen molar-refractivity contribution in [3.63, 3.8) is 0 Å². The van der Waals surface area contributed by atoms with E-state index in [0.717, 1.165) is 51.7 Å². The largest absolute Gasteiger partial charge is 0.490 e. The molecule has 2 fully saturated rings. The van der Waals surface area contributed by atoms with Crippen molar-refractivity contribution in [2.75, 3.05) is 5.32 Å². The number of fused-ring (bicyclic) bond motifs is 1. The minimum Gasteiger partial charge on any atom is -0.490 e. The molecule has 8 rings (SSSR count). The second kappa shape index (κ2) is 13.6. The maximum atomic E-state index is 13.2. The Bertz CT molecular complexity index is 2200. The molecule has 2 aromatic heterocycles. The maximum Gasteiger partial charge on any atom is 0.262 e. The molecule has 0 bridgehead atoms. The van der Waals surface area contributed by atoms with Gasteiger partial charge in [0.1, 0.15) is 30.3 Å². The van der Waals surface area contributed by atoms with Crippen LogP contribution in [-0.4, -0.2) is 66.7 Å². The molecule has 1 saturated heterocycles. The Morgan fingerprint density at radius 3 is 2.28 bits per heavy atom. The molecule has 0 radical (unpaired) electrons. The fourth-order valence-corrected chi connectivity index (χ4v) is 7.02. The normalized spacial score (nSPS) is 19.7. The molecule has 2 N–H and O–H groups in total. The first kappa shape index (κ1) is 33.8. The minimum atomic E-state index is -0.987. The first-order chi connectivity index (χ1) is 25.6. The van der Waals surface area contributed by atoms with E-state index in [1.807, 2.05) is 42.5 Å². The first-order valence-electron chi connectivity index (χ1n) is 17.6. The van der Waals surface area contributed by atoms with Crippen LogP contribution < -0.4 is 20.1 Å². The van der Waals surface area contributed by atoms with E-state index in [9.17, 15) is 19.2 Å². The Hall–Kier alpha value is -6.37. The van der Waals surface area contributed by atoms with Gasteiger partial charge in [-0.1, -0.05) is 49.4 Å². The highest BCUT2D eigenvalue weighted by Gasteiger charge is 2.45. The van der Waals surface area contributed by atoms with Crippen molar-refractivity contribution in [3.8, 4) is 17.3 Å². The van der Waals surface area contributed by atoms with Crippen LogP contribution in [0.2, 0.25) is 0 Å². The number of hydrogen-bond acceptors (Lipinski definition) is 10. The minimum absolute atomic E-state index is 0.0415. The summed E-state index contributed by atoms with van der Waals surface area (Å²) in [6.07, 6.45) is 5.15. The Balaban J connectivity index is 0.823. The summed E-state index contributed by atoms with van der Waals surface area (Å²) < 4.78 is 13.9. The van der Waals surface area contributed by atoms with Crippen LogP contribution in [0.3, 0.4) is 0 Å². The summed E-state index contributed by atoms with van der Waals surface area (Å²) in [5, 5.41) is 13.5. The summed E-state index contributed by atoms with van der Waals surface area (Å²) in [5.41, 5.74) is 4.07. The van der Waals surface area contributed by atoms with Crippen LogP contribution in [0, 0.1) is 0 Å². The predicted octanol–water partition coefficient (Wildman–Crippen LogP) is 4.99. The molecule has 13 nitrogen and oxygen atoms in total. The quantitative estimate of drug-likeness (QED) is 0.179. The van der Waals surface area contributed by atoms with Gasteiger partial charge in [-0.3, -0.25) is 29.4 Å². The van der Waals surface area contributed by atoms with Gasteiger partial charge in [0.15, 0.2) is 5.82 Å².